The largest absolute Gasteiger partial charge is 0.255 e. The molecule has 5 rings (SSSR count). The van der Waals surface area contributed by atoms with Crippen molar-refractivity contribution in [3.8, 4) is 11.3 Å². The van der Waals surface area contributed by atoms with Gasteiger partial charge in [0.2, 0.25) is 0 Å². The van der Waals surface area contributed by atoms with Gasteiger partial charge in [0.25, 0.3) is 0 Å². The van der Waals surface area contributed by atoms with Gasteiger partial charge in [-0.05, 0) is 45.6 Å². The highest BCUT2D eigenvalue weighted by Gasteiger charge is 2.22. The Morgan fingerprint density at radius 1 is 0.900 bits per heavy atom. The Balaban J connectivity index is 1.91. The number of thiophene rings is 1. The molecule has 0 atom stereocenters. The van der Waals surface area contributed by atoms with E-state index in [-0.39, 0.29) is 12.2 Å². The van der Waals surface area contributed by atoms with E-state index in [2.05, 4.69) is 93.1 Å². The topological polar surface area (TPSA) is 12.9 Å². The lowest BCUT2D eigenvalue weighted by Crippen LogP contribution is -2.37. The van der Waals surface area contributed by atoms with Crippen molar-refractivity contribution < 1.29 is 2.74 Å². The first-order valence-electron chi connectivity index (χ1n) is 11.5. The number of hydrogen-bond donors (Lipinski definition) is 0. The van der Waals surface area contributed by atoms with Gasteiger partial charge in [0, 0.05) is 27.2 Å². The average Bonchev–Trinajstić information content (AvgIpc) is 3.14. The molecule has 0 aliphatic heterocycles. The molecule has 3 aromatic carbocycles. The van der Waals surface area contributed by atoms with Crippen molar-refractivity contribution in [2.24, 2.45) is 0 Å². The lowest BCUT2D eigenvalue weighted by atomic mass is 9.92. The van der Waals surface area contributed by atoms with Crippen LogP contribution in [0.25, 0.3) is 42.2 Å². The van der Waals surface area contributed by atoms with E-state index in [0.717, 1.165) is 26.7 Å². The van der Waals surface area contributed by atoms with Gasteiger partial charge in [-0.3, -0.25) is 4.98 Å². The van der Waals surface area contributed by atoms with Crippen molar-refractivity contribution in [1.82, 2.24) is 4.98 Å². The Bertz CT molecular complexity index is 1510. The van der Waals surface area contributed by atoms with Crippen LogP contribution in [0, 0.1) is 0 Å². The first kappa shape index (κ1) is 17.2. The molecule has 1 nitrogen and oxygen atoms in total. The van der Waals surface area contributed by atoms with Crippen LogP contribution in [0.4, 0.5) is 0 Å². The molecule has 0 aliphatic rings. The fourth-order valence-electron chi connectivity index (χ4n) is 4.34. The molecule has 30 heavy (non-hydrogen) atoms. The van der Waals surface area contributed by atoms with Crippen molar-refractivity contribution in [3.05, 3.63) is 72.4 Å². The van der Waals surface area contributed by atoms with Gasteiger partial charge in [0.05, 0.1) is 21.2 Å². The van der Waals surface area contributed by atoms with Crippen molar-refractivity contribution in [2.75, 3.05) is 0 Å². The number of pyridine rings is 1. The maximum absolute atomic E-state index is 8.68. The molecule has 2 heterocycles. The molecule has 3 heteroatoms. The Labute approximate surface area is 186 Å². The summed E-state index contributed by atoms with van der Waals surface area (Å²) >= 11 is 1.75. The second kappa shape index (κ2) is 7.04. The third-order valence-corrected chi connectivity index (χ3v) is 9.34. The Morgan fingerprint density at radius 2 is 1.67 bits per heavy atom. The van der Waals surface area contributed by atoms with Crippen LogP contribution in [0.3, 0.4) is 0 Å². The van der Waals surface area contributed by atoms with Crippen LogP contribution in [-0.4, -0.2) is 13.1 Å². The molecule has 0 saturated carbocycles. The van der Waals surface area contributed by atoms with Gasteiger partial charge < -0.3 is 0 Å². The van der Waals surface area contributed by atoms with Crippen LogP contribution in [0.2, 0.25) is 19.6 Å². The minimum absolute atomic E-state index is 0.0462. The van der Waals surface area contributed by atoms with E-state index in [0.29, 0.717) is 5.92 Å². The number of fused-ring (bicyclic) bond motifs is 4. The number of aromatic nitrogens is 1. The highest BCUT2D eigenvalue weighted by molar-refractivity contribution is 7.28. The Kier molecular flexibility index (Phi) is 4.04. The van der Waals surface area contributed by atoms with Crippen LogP contribution in [0.1, 0.15) is 28.1 Å². The number of hydrogen-bond acceptors (Lipinski definition) is 2. The molecule has 0 amide bonds. The smallest absolute Gasteiger partial charge is 0.0880 e. The standard InChI is InChI=1S/C27H27NSSi/c1-17(2)23-16-19(15-18-9-6-7-10-20(18)23)25-27-22(13-14-28-25)21-11-8-12-24(26(21)29-27)30(3,4)5/h6-17H,1-5H3/i13D,14D. The summed E-state index contributed by atoms with van der Waals surface area (Å²) in [4.78, 5) is 4.67. The van der Waals surface area contributed by atoms with Crippen LogP contribution in [0.5, 0.6) is 0 Å². The summed E-state index contributed by atoms with van der Waals surface area (Å²) in [5.41, 5.74) is 3.15. The zero-order chi connectivity index (χ0) is 22.8. The molecule has 150 valence electrons. The highest BCUT2D eigenvalue weighted by atomic mass is 32.1. The third-order valence-electron chi connectivity index (χ3n) is 5.88. The number of benzene rings is 3. The molecule has 0 spiro atoms. The molecule has 0 fully saturated rings. The summed E-state index contributed by atoms with van der Waals surface area (Å²) in [6.45, 7) is 11.5. The number of nitrogens with zero attached hydrogens (tertiary/aromatic N) is 1. The summed E-state index contributed by atoms with van der Waals surface area (Å²) in [7, 11) is -1.57. The fourth-order valence-corrected chi connectivity index (χ4v) is 8.01. The monoisotopic (exact) mass is 427 g/mol. The van der Waals surface area contributed by atoms with Crippen molar-refractivity contribution in [3.63, 3.8) is 0 Å². The Morgan fingerprint density at radius 3 is 2.43 bits per heavy atom. The van der Waals surface area contributed by atoms with E-state index < -0.39 is 8.07 Å². The zero-order valence-electron chi connectivity index (χ0n) is 20.1. The van der Waals surface area contributed by atoms with Crippen LogP contribution < -0.4 is 5.19 Å². The summed E-state index contributed by atoms with van der Waals surface area (Å²) < 4.78 is 19.5. The molecule has 0 aliphatic carbocycles. The van der Waals surface area contributed by atoms with E-state index >= 15 is 0 Å². The molecule has 0 N–H and O–H groups in total. The van der Waals surface area contributed by atoms with Crippen molar-refractivity contribution in [2.45, 2.75) is 39.4 Å². The lowest BCUT2D eigenvalue weighted by molar-refractivity contribution is 0.876. The van der Waals surface area contributed by atoms with E-state index in [9.17, 15) is 0 Å². The van der Waals surface area contributed by atoms with Gasteiger partial charge in [-0.15, -0.1) is 11.3 Å². The molecule has 0 saturated heterocycles. The van der Waals surface area contributed by atoms with Gasteiger partial charge in [-0.25, -0.2) is 0 Å². The van der Waals surface area contributed by atoms with E-state index in [4.69, 9.17) is 2.74 Å². The van der Waals surface area contributed by atoms with Gasteiger partial charge in [-0.1, -0.05) is 76.0 Å². The normalized spacial score (nSPS) is 13.4. The average molecular weight is 428 g/mol. The van der Waals surface area contributed by atoms with E-state index in [1.54, 1.807) is 11.3 Å². The van der Waals surface area contributed by atoms with Crippen LogP contribution in [0.15, 0.2) is 66.8 Å². The second-order valence-corrected chi connectivity index (χ2v) is 15.4. The van der Waals surface area contributed by atoms with E-state index in [1.807, 2.05) is 0 Å². The van der Waals surface area contributed by atoms with Gasteiger partial charge in [0.15, 0.2) is 0 Å². The summed E-state index contributed by atoms with van der Waals surface area (Å²) in [6.07, 6.45) is 0.0462. The first-order chi connectivity index (χ1) is 15.2. The van der Waals surface area contributed by atoms with Gasteiger partial charge in [0.1, 0.15) is 0 Å². The molecule has 0 radical (unpaired) electrons. The zero-order valence-corrected chi connectivity index (χ0v) is 19.9. The predicted octanol–water partition coefficient (Wildman–Crippen LogP) is 7.94. The minimum atomic E-state index is -1.57. The molecule has 2 aromatic heterocycles. The maximum atomic E-state index is 8.68. The lowest BCUT2D eigenvalue weighted by Gasteiger charge is -2.17. The maximum Gasteiger partial charge on any atom is 0.0880 e. The van der Waals surface area contributed by atoms with Crippen LogP contribution >= 0.6 is 11.3 Å². The quantitative estimate of drug-likeness (QED) is 0.266. The van der Waals surface area contributed by atoms with Crippen LogP contribution in [-0.2, 0) is 0 Å². The highest BCUT2D eigenvalue weighted by Crippen LogP contribution is 2.40. The molecular formula is C27H27NSSi. The molecule has 5 aromatic rings. The Hall–Kier alpha value is -2.49. The van der Waals surface area contributed by atoms with Crippen molar-refractivity contribution >= 4 is 55.5 Å². The first-order valence-corrected chi connectivity index (χ1v) is 14.8. The number of rotatable bonds is 3. The predicted molar refractivity (Wildman–Crippen MR) is 137 cm³/mol. The third kappa shape index (κ3) is 3.08. The van der Waals surface area contributed by atoms with Crippen molar-refractivity contribution in [1.29, 1.82) is 0 Å². The van der Waals surface area contributed by atoms with Gasteiger partial charge in [-0.2, -0.15) is 0 Å². The van der Waals surface area contributed by atoms with Gasteiger partial charge >= 0.3 is 0 Å². The molecule has 0 bridgehead atoms. The van der Waals surface area contributed by atoms with E-state index in [1.165, 1.54) is 26.2 Å². The second-order valence-electron chi connectivity index (χ2n) is 9.38. The summed E-state index contributed by atoms with van der Waals surface area (Å²) in [5.74, 6) is 0.377. The summed E-state index contributed by atoms with van der Waals surface area (Å²) in [6, 6.07) is 19.6. The summed E-state index contributed by atoms with van der Waals surface area (Å²) in [5, 5.41) is 5.84. The fraction of sp³-hybridized carbons (Fsp3) is 0.222. The minimum Gasteiger partial charge on any atom is -0.255 e. The molecule has 0 unspecified atom stereocenters. The SMILES string of the molecule is [2H]c1nc(-c2cc(C(C)C)c3ccccc3c2)c2sc3c([Si](C)(C)C)cccc3c2c1[2H]. The molecular weight excluding hydrogens is 398 g/mol.